The summed E-state index contributed by atoms with van der Waals surface area (Å²) in [5.74, 6) is 0. The highest BCUT2D eigenvalue weighted by atomic mass is 35.5. The Morgan fingerprint density at radius 2 is 1.06 bits per heavy atom. The van der Waals surface area contributed by atoms with Crippen molar-refractivity contribution in [2.45, 2.75) is 0 Å². The fourth-order valence-corrected chi connectivity index (χ4v) is 3.82. The van der Waals surface area contributed by atoms with Crippen LogP contribution in [0.4, 0.5) is 0 Å². The third-order valence-corrected chi connectivity index (χ3v) is 6.12. The lowest BCUT2D eigenvalue weighted by Gasteiger charge is -2.16. The molecule has 0 saturated carbocycles. The molecule has 0 fully saturated rings. The van der Waals surface area contributed by atoms with Crippen molar-refractivity contribution < 1.29 is 4.89 Å². The summed E-state index contributed by atoms with van der Waals surface area (Å²) in [4.78, 5) is 10.5. The Bertz CT molecular complexity index is 519. The van der Waals surface area contributed by atoms with Crippen molar-refractivity contribution in [3.05, 3.63) is 58.6 Å². The van der Waals surface area contributed by atoms with E-state index in [1.54, 1.807) is 48.5 Å². The predicted molar refractivity (Wildman–Crippen MR) is 85.9 cm³/mol. The van der Waals surface area contributed by atoms with Crippen LogP contribution in [-0.2, 0) is 11.8 Å². The van der Waals surface area contributed by atoms with Gasteiger partial charge >= 0.3 is 0 Å². The van der Waals surface area contributed by atoms with Crippen molar-refractivity contribution in [1.29, 1.82) is 0 Å². The number of hydrogen-bond acceptors (Lipinski definition) is 1. The van der Waals surface area contributed by atoms with Crippen LogP contribution < -0.4 is 10.6 Å². The van der Waals surface area contributed by atoms with Gasteiger partial charge in [0.25, 0.3) is 0 Å². The molecule has 0 saturated heterocycles. The molecule has 1 N–H and O–H groups in total. The second kappa shape index (κ2) is 6.38. The molecule has 18 heavy (non-hydrogen) atoms. The highest BCUT2D eigenvalue weighted by Gasteiger charge is 2.18. The van der Waals surface area contributed by atoms with Gasteiger partial charge in [-0.15, -0.1) is 12.4 Å². The van der Waals surface area contributed by atoms with Gasteiger partial charge < -0.3 is 4.89 Å². The SMILES string of the molecule is Cl.OP(=S)(c1ccc(Cl)cc1)c1ccc(Cl)cc1. The van der Waals surface area contributed by atoms with Crippen LogP contribution >= 0.6 is 41.9 Å². The highest BCUT2D eigenvalue weighted by Crippen LogP contribution is 2.38. The standard InChI is InChI=1S/C12H9Cl2OPS.ClH/c13-9-1-5-11(6-2-9)16(15,17)12-7-3-10(14)4-8-12;/h1-8H,(H,15,17);1H. The molecule has 2 aromatic carbocycles. The number of hydrogen-bond donors (Lipinski definition) is 1. The first-order valence-electron chi connectivity index (χ1n) is 4.85. The summed E-state index contributed by atoms with van der Waals surface area (Å²) in [6.07, 6.45) is -2.72. The number of halogens is 3. The molecule has 0 aliphatic heterocycles. The maximum atomic E-state index is 10.5. The Morgan fingerprint density at radius 3 is 1.33 bits per heavy atom. The molecule has 0 bridgehead atoms. The third-order valence-electron chi connectivity index (χ3n) is 2.35. The zero-order valence-corrected chi connectivity index (χ0v) is 13.1. The second-order valence-corrected chi connectivity index (χ2v) is 8.17. The topological polar surface area (TPSA) is 20.2 Å². The first-order chi connectivity index (χ1) is 8.00. The lowest BCUT2D eigenvalue weighted by Crippen LogP contribution is -2.14. The van der Waals surface area contributed by atoms with E-state index in [9.17, 15) is 4.89 Å². The van der Waals surface area contributed by atoms with Gasteiger partial charge in [-0.2, -0.15) is 0 Å². The maximum absolute atomic E-state index is 10.5. The Morgan fingerprint density at radius 1 is 0.778 bits per heavy atom. The van der Waals surface area contributed by atoms with Gasteiger partial charge in [0, 0.05) is 20.7 Å². The predicted octanol–water partition coefficient (Wildman–Crippen LogP) is 3.75. The van der Waals surface area contributed by atoms with Gasteiger partial charge in [-0.25, -0.2) is 0 Å². The number of rotatable bonds is 2. The second-order valence-electron chi connectivity index (χ2n) is 3.53. The molecule has 0 aliphatic carbocycles. The number of benzene rings is 2. The smallest absolute Gasteiger partial charge is 0.120 e. The minimum Gasteiger partial charge on any atom is -0.358 e. The molecule has 96 valence electrons. The molecule has 2 rings (SSSR count). The monoisotopic (exact) mass is 338 g/mol. The normalized spacial score (nSPS) is 10.8. The van der Waals surface area contributed by atoms with Gasteiger partial charge in [-0.05, 0) is 48.5 Å². The minimum absolute atomic E-state index is 0. The molecule has 1 nitrogen and oxygen atoms in total. The molecular formula is C12H10Cl3OPS. The van der Waals surface area contributed by atoms with E-state index < -0.39 is 6.26 Å². The van der Waals surface area contributed by atoms with E-state index in [2.05, 4.69) is 0 Å². The molecule has 0 heterocycles. The lowest BCUT2D eigenvalue weighted by atomic mass is 10.4. The van der Waals surface area contributed by atoms with Crippen molar-refractivity contribution in [3.63, 3.8) is 0 Å². The van der Waals surface area contributed by atoms with Crippen LogP contribution in [0, 0.1) is 0 Å². The van der Waals surface area contributed by atoms with Gasteiger partial charge in [0.1, 0.15) is 6.26 Å². The molecule has 0 atom stereocenters. The van der Waals surface area contributed by atoms with Crippen LogP contribution in [0.1, 0.15) is 0 Å². The first-order valence-corrected chi connectivity index (χ1v) is 8.36. The van der Waals surface area contributed by atoms with Gasteiger partial charge in [-0.1, -0.05) is 35.0 Å². The van der Waals surface area contributed by atoms with Crippen LogP contribution in [0.25, 0.3) is 0 Å². The third kappa shape index (κ3) is 3.48. The molecule has 0 aromatic heterocycles. The molecule has 0 amide bonds. The zero-order valence-electron chi connectivity index (χ0n) is 9.09. The Hall–Kier alpha value is -0.0800. The van der Waals surface area contributed by atoms with Gasteiger partial charge in [0.2, 0.25) is 0 Å². The van der Waals surface area contributed by atoms with Crippen LogP contribution in [0.2, 0.25) is 10.0 Å². The van der Waals surface area contributed by atoms with E-state index in [4.69, 9.17) is 35.0 Å². The summed E-state index contributed by atoms with van der Waals surface area (Å²) in [7, 11) is 0. The van der Waals surface area contributed by atoms with Crippen LogP contribution in [0.15, 0.2) is 48.5 Å². The van der Waals surface area contributed by atoms with Crippen molar-refractivity contribution in [2.24, 2.45) is 0 Å². The average Bonchev–Trinajstić information content (AvgIpc) is 2.30. The fourth-order valence-electron chi connectivity index (χ4n) is 1.44. The molecule has 0 aliphatic rings. The van der Waals surface area contributed by atoms with E-state index in [0.29, 0.717) is 10.0 Å². The van der Waals surface area contributed by atoms with E-state index in [0.717, 1.165) is 10.6 Å². The zero-order chi connectivity index (χ0) is 12.5. The average molecular weight is 340 g/mol. The summed E-state index contributed by atoms with van der Waals surface area (Å²) >= 11 is 17.0. The van der Waals surface area contributed by atoms with Crippen molar-refractivity contribution >= 4 is 64.3 Å². The Balaban J connectivity index is 0.00000162. The largest absolute Gasteiger partial charge is 0.358 e. The quantitative estimate of drug-likeness (QED) is 0.841. The Kier molecular flexibility index (Phi) is 5.67. The van der Waals surface area contributed by atoms with Crippen LogP contribution in [-0.4, -0.2) is 4.89 Å². The maximum Gasteiger partial charge on any atom is 0.120 e. The lowest BCUT2D eigenvalue weighted by molar-refractivity contribution is 0.642. The molecule has 0 spiro atoms. The van der Waals surface area contributed by atoms with E-state index >= 15 is 0 Å². The van der Waals surface area contributed by atoms with Crippen LogP contribution in [0.5, 0.6) is 0 Å². The fraction of sp³-hybridized carbons (Fsp3) is 0. The Labute approximate surface area is 127 Å². The van der Waals surface area contributed by atoms with Gasteiger partial charge in [-0.3, -0.25) is 0 Å². The van der Waals surface area contributed by atoms with Crippen LogP contribution in [0.3, 0.4) is 0 Å². The molecular weight excluding hydrogens is 330 g/mol. The van der Waals surface area contributed by atoms with Crippen molar-refractivity contribution in [3.8, 4) is 0 Å². The molecule has 0 radical (unpaired) electrons. The molecule has 0 unspecified atom stereocenters. The molecule has 2 aromatic rings. The van der Waals surface area contributed by atoms with E-state index in [1.807, 2.05) is 0 Å². The van der Waals surface area contributed by atoms with Gasteiger partial charge in [0.15, 0.2) is 0 Å². The minimum atomic E-state index is -2.72. The van der Waals surface area contributed by atoms with E-state index in [-0.39, 0.29) is 12.4 Å². The molecule has 6 heteroatoms. The highest BCUT2D eigenvalue weighted by molar-refractivity contribution is 8.19. The summed E-state index contributed by atoms with van der Waals surface area (Å²) < 4.78 is 0. The van der Waals surface area contributed by atoms with Crippen molar-refractivity contribution in [1.82, 2.24) is 0 Å². The summed E-state index contributed by atoms with van der Waals surface area (Å²) in [6, 6.07) is 14.0. The summed E-state index contributed by atoms with van der Waals surface area (Å²) in [6.45, 7) is 0. The van der Waals surface area contributed by atoms with E-state index in [1.165, 1.54) is 0 Å². The van der Waals surface area contributed by atoms with Crippen molar-refractivity contribution in [2.75, 3.05) is 0 Å². The van der Waals surface area contributed by atoms with Gasteiger partial charge in [0.05, 0.1) is 0 Å². The summed E-state index contributed by atoms with van der Waals surface area (Å²) in [5, 5.41) is 2.69. The summed E-state index contributed by atoms with van der Waals surface area (Å²) in [5.41, 5.74) is 0. The first kappa shape index (κ1) is 16.0.